The summed E-state index contributed by atoms with van der Waals surface area (Å²) in [6, 6.07) is 13.2. The molecule has 1 aliphatic carbocycles. The molecule has 0 heterocycles. The summed E-state index contributed by atoms with van der Waals surface area (Å²) in [6.45, 7) is 13.1. The Kier molecular flexibility index (Phi) is 6.37. The van der Waals surface area contributed by atoms with Gasteiger partial charge in [-0.3, -0.25) is 0 Å². The number of allylic oxidation sites excluding steroid dienone is 4. The van der Waals surface area contributed by atoms with Gasteiger partial charge in [0.2, 0.25) is 0 Å². The summed E-state index contributed by atoms with van der Waals surface area (Å²) < 4.78 is 0. The molecule has 134 valence electrons. The van der Waals surface area contributed by atoms with Crippen molar-refractivity contribution in [2.24, 2.45) is 0 Å². The first-order chi connectivity index (χ1) is 11.8. The Morgan fingerprint density at radius 3 is 2.12 bits per heavy atom. The van der Waals surface area contributed by atoms with Crippen LogP contribution in [0.4, 0.5) is 5.69 Å². The maximum absolute atomic E-state index is 5.22. The van der Waals surface area contributed by atoms with E-state index < -0.39 is 0 Å². The van der Waals surface area contributed by atoms with Crippen molar-refractivity contribution in [2.45, 2.75) is 53.5 Å². The van der Waals surface area contributed by atoms with E-state index in [0.717, 1.165) is 12.1 Å². The van der Waals surface area contributed by atoms with Crippen molar-refractivity contribution in [1.29, 1.82) is 0 Å². The first-order valence-electron chi connectivity index (χ1n) is 9.06. The van der Waals surface area contributed by atoms with Gasteiger partial charge in [0.1, 0.15) is 0 Å². The maximum Gasteiger partial charge on any atom is 0 e. The molecule has 0 saturated carbocycles. The molecule has 0 N–H and O–H groups in total. The van der Waals surface area contributed by atoms with E-state index in [1.54, 1.807) is 0 Å². The van der Waals surface area contributed by atoms with Crippen LogP contribution in [0.15, 0.2) is 54.1 Å². The van der Waals surface area contributed by atoms with E-state index >= 15 is 0 Å². The predicted molar refractivity (Wildman–Crippen MR) is 109 cm³/mol. The third-order valence-corrected chi connectivity index (χ3v) is 5.10. The third kappa shape index (κ3) is 4.05. The molecule has 2 aromatic rings. The van der Waals surface area contributed by atoms with Crippen LogP contribution in [-0.4, -0.2) is 0 Å². The van der Waals surface area contributed by atoms with Crippen molar-refractivity contribution < 1.29 is 21.7 Å². The molecule has 26 heavy (non-hydrogen) atoms. The van der Waals surface area contributed by atoms with E-state index in [1.165, 1.54) is 39.0 Å². The van der Waals surface area contributed by atoms with Crippen LogP contribution in [-0.2, 0) is 27.3 Å². The fraction of sp³-hybridized carbons (Fsp3) is 0.333. The average molecular weight is 378 g/mol. The summed E-state index contributed by atoms with van der Waals surface area (Å²) >= 11 is 0. The molecule has 0 amide bonds. The molecule has 2 heteroatoms. The molecule has 0 aliphatic heterocycles. The van der Waals surface area contributed by atoms with Gasteiger partial charge in [0.05, 0.1) is 0 Å². The van der Waals surface area contributed by atoms with Crippen LogP contribution in [0, 0.1) is 20.8 Å². The monoisotopic (exact) mass is 378 g/mol. The van der Waals surface area contributed by atoms with Gasteiger partial charge in [-0.1, -0.05) is 90.2 Å². The van der Waals surface area contributed by atoms with Crippen molar-refractivity contribution in [3.8, 4) is 0 Å². The zero-order valence-corrected chi connectivity index (χ0v) is 18.3. The van der Waals surface area contributed by atoms with Gasteiger partial charge in [-0.15, -0.1) is 5.69 Å². The SMILES string of the molecule is CC1=C(c2ccccc2C(C)(C)[N-]c2c(C)cc(C)cc2C)CC=C1.[Ti]. The third-order valence-electron chi connectivity index (χ3n) is 5.10. The minimum atomic E-state index is -0.281. The number of aryl methyl sites for hydroxylation is 3. The van der Waals surface area contributed by atoms with E-state index in [0.29, 0.717) is 0 Å². The molecule has 0 fully saturated rings. The molecule has 2 aromatic carbocycles. The summed E-state index contributed by atoms with van der Waals surface area (Å²) in [5.41, 5.74) is 10.1. The maximum atomic E-state index is 5.22. The number of nitrogens with zero attached hydrogens (tertiary/aromatic N) is 1. The van der Waals surface area contributed by atoms with E-state index in [1.807, 2.05) is 0 Å². The van der Waals surface area contributed by atoms with Gasteiger partial charge in [0, 0.05) is 21.7 Å². The summed E-state index contributed by atoms with van der Waals surface area (Å²) in [7, 11) is 0. The normalized spacial score (nSPS) is 13.8. The summed E-state index contributed by atoms with van der Waals surface area (Å²) in [6.07, 6.45) is 5.49. The molecule has 0 saturated heterocycles. The predicted octanol–water partition coefficient (Wildman–Crippen LogP) is 7.28. The van der Waals surface area contributed by atoms with Crippen LogP contribution in [0.3, 0.4) is 0 Å². The number of hydrogen-bond acceptors (Lipinski definition) is 0. The number of hydrogen-bond donors (Lipinski definition) is 0. The molecular weight excluding hydrogens is 350 g/mol. The van der Waals surface area contributed by atoms with E-state index in [4.69, 9.17) is 5.32 Å². The van der Waals surface area contributed by atoms with Crippen molar-refractivity contribution in [3.63, 3.8) is 0 Å². The Balaban J connectivity index is 0.00000243. The van der Waals surface area contributed by atoms with E-state index in [9.17, 15) is 0 Å². The second-order valence-electron chi connectivity index (χ2n) is 7.73. The Labute approximate surface area is 173 Å². The minimum Gasteiger partial charge on any atom is -0.675 e. The van der Waals surface area contributed by atoms with Gasteiger partial charge in [-0.2, -0.15) is 0 Å². The minimum absolute atomic E-state index is 0. The van der Waals surface area contributed by atoms with Gasteiger partial charge in [-0.05, 0) is 50.8 Å². The van der Waals surface area contributed by atoms with Gasteiger partial charge < -0.3 is 5.32 Å². The molecule has 0 aromatic heterocycles. The Morgan fingerprint density at radius 1 is 0.923 bits per heavy atom. The van der Waals surface area contributed by atoms with Gasteiger partial charge in [0.15, 0.2) is 0 Å². The van der Waals surface area contributed by atoms with Crippen LogP contribution in [0.1, 0.15) is 55.0 Å². The van der Waals surface area contributed by atoms with Crippen molar-refractivity contribution in [3.05, 3.63) is 87.3 Å². The molecule has 0 radical (unpaired) electrons. The summed E-state index contributed by atoms with van der Waals surface area (Å²) in [4.78, 5) is 0. The summed E-state index contributed by atoms with van der Waals surface area (Å²) in [5, 5.41) is 5.22. The van der Waals surface area contributed by atoms with Gasteiger partial charge in [-0.25, -0.2) is 0 Å². The van der Waals surface area contributed by atoms with Crippen LogP contribution >= 0.6 is 0 Å². The fourth-order valence-corrected chi connectivity index (χ4v) is 3.91. The topological polar surface area (TPSA) is 14.1 Å². The van der Waals surface area contributed by atoms with Crippen LogP contribution in [0.25, 0.3) is 10.9 Å². The largest absolute Gasteiger partial charge is 0.675 e. The first kappa shape index (κ1) is 20.7. The molecule has 1 aliphatic rings. The molecule has 0 spiro atoms. The van der Waals surface area contributed by atoms with Crippen LogP contribution in [0.5, 0.6) is 0 Å². The molecule has 3 rings (SSSR count). The number of benzene rings is 2. The zero-order chi connectivity index (χ0) is 18.2. The van der Waals surface area contributed by atoms with Crippen molar-refractivity contribution in [2.75, 3.05) is 0 Å². The Bertz CT molecular complexity index is 849. The standard InChI is InChI=1S/C24H28N.Ti/c1-16-14-18(3)23(19(4)15-16)25-24(5,6)22-13-8-7-11-21(22)20-12-9-10-17(20)2;/h7-11,13-15H,12H2,1-6H3;/q-1;. The fourth-order valence-electron chi connectivity index (χ4n) is 3.91. The quantitative estimate of drug-likeness (QED) is 0.496. The van der Waals surface area contributed by atoms with Gasteiger partial charge in [0.25, 0.3) is 0 Å². The Morgan fingerprint density at radius 2 is 1.54 bits per heavy atom. The Hall–Kier alpha value is -1.57. The second-order valence-corrected chi connectivity index (χ2v) is 7.73. The van der Waals surface area contributed by atoms with Gasteiger partial charge >= 0.3 is 0 Å². The smallest absolute Gasteiger partial charge is 0 e. The van der Waals surface area contributed by atoms with Crippen molar-refractivity contribution >= 4 is 11.3 Å². The number of rotatable bonds is 4. The summed E-state index contributed by atoms with van der Waals surface area (Å²) in [5.74, 6) is 0. The van der Waals surface area contributed by atoms with Crippen molar-refractivity contribution in [1.82, 2.24) is 0 Å². The second kappa shape index (κ2) is 7.98. The molecule has 0 bridgehead atoms. The van der Waals surface area contributed by atoms with Crippen LogP contribution < -0.4 is 0 Å². The van der Waals surface area contributed by atoms with E-state index in [2.05, 4.69) is 90.1 Å². The zero-order valence-electron chi connectivity index (χ0n) is 16.8. The molecular formula is C24H28NTi-. The molecule has 1 nitrogen and oxygen atoms in total. The van der Waals surface area contributed by atoms with Crippen LogP contribution in [0.2, 0.25) is 0 Å². The van der Waals surface area contributed by atoms with E-state index in [-0.39, 0.29) is 27.3 Å². The molecule has 0 unspecified atom stereocenters. The molecule has 0 atom stereocenters. The average Bonchev–Trinajstić information content (AvgIpc) is 2.97. The first-order valence-corrected chi connectivity index (χ1v) is 9.06.